The van der Waals surface area contributed by atoms with Gasteiger partial charge in [0.05, 0.1) is 27.9 Å². The molecule has 5 aromatic carbocycles. The first-order valence-corrected chi connectivity index (χ1v) is 14.6. The number of anilines is 1. The number of carbonyl (C=O) groups excluding carboxylic acids is 2. The Morgan fingerprint density at radius 2 is 1.52 bits per heavy atom. The van der Waals surface area contributed by atoms with Crippen molar-refractivity contribution in [2.45, 2.75) is 11.8 Å². The lowest BCUT2D eigenvalue weighted by atomic mass is 10.0. The van der Waals surface area contributed by atoms with Gasteiger partial charge in [0, 0.05) is 10.6 Å². The third-order valence-corrected chi connectivity index (χ3v) is 7.95. The standard InChI is InChI=1S/C32H24ClN3O5S/c1-21-10-12-23(13-11-21)32(38)41-30-19-14-22-6-2-3-7-26(22)28(30)20-34-35-31(37)27-8-4-5-9-29(27)36-42(39,40)25-17-15-24(33)16-18-25/h2-20,36H,1H3,(H,35,37). The molecule has 42 heavy (non-hydrogen) atoms. The average Bonchev–Trinajstić information content (AvgIpc) is 2.98. The van der Waals surface area contributed by atoms with E-state index in [1.54, 1.807) is 30.3 Å². The molecule has 0 heterocycles. The van der Waals surface area contributed by atoms with Crippen molar-refractivity contribution >= 4 is 56.2 Å². The zero-order valence-corrected chi connectivity index (χ0v) is 23.8. The Morgan fingerprint density at radius 3 is 2.29 bits per heavy atom. The molecule has 0 spiro atoms. The van der Waals surface area contributed by atoms with E-state index < -0.39 is 21.9 Å². The summed E-state index contributed by atoms with van der Waals surface area (Å²) < 4.78 is 34.0. The molecule has 1 amide bonds. The molecule has 0 radical (unpaired) electrons. The summed E-state index contributed by atoms with van der Waals surface area (Å²) in [6.07, 6.45) is 1.39. The van der Waals surface area contributed by atoms with Crippen LogP contribution < -0.4 is 14.9 Å². The topological polar surface area (TPSA) is 114 Å². The molecule has 8 nitrogen and oxygen atoms in total. The fourth-order valence-electron chi connectivity index (χ4n) is 4.15. The zero-order chi connectivity index (χ0) is 29.7. The number of ether oxygens (including phenoxy) is 1. The van der Waals surface area contributed by atoms with Gasteiger partial charge in [0.1, 0.15) is 5.75 Å². The van der Waals surface area contributed by atoms with Gasteiger partial charge in [0.25, 0.3) is 15.9 Å². The largest absolute Gasteiger partial charge is 0.422 e. The fourth-order valence-corrected chi connectivity index (χ4v) is 5.36. The van der Waals surface area contributed by atoms with Crippen molar-refractivity contribution in [1.82, 2.24) is 5.43 Å². The van der Waals surface area contributed by atoms with Crippen molar-refractivity contribution in [3.8, 4) is 5.75 Å². The van der Waals surface area contributed by atoms with Gasteiger partial charge in [0.2, 0.25) is 0 Å². The molecule has 10 heteroatoms. The molecule has 0 bridgehead atoms. The molecule has 0 saturated carbocycles. The Labute approximate surface area is 247 Å². The quantitative estimate of drug-likeness (QED) is 0.0907. The first-order valence-electron chi connectivity index (χ1n) is 12.7. The highest BCUT2D eigenvalue weighted by Crippen LogP contribution is 2.28. The number of hydrogen-bond acceptors (Lipinski definition) is 6. The van der Waals surface area contributed by atoms with Gasteiger partial charge in [-0.05, 0) is 72.3 Å². The van der Waals surface area contributed by atoms with Crippen LogP contribution in [0.25, 0.3) is 10.8 Å². The number of fused-ring (bicyclic) bond motifs is 1. The average molecular weight is 598 g/mol. The van der Waals surface area contributed by atoms with Crippen molar-refractivity contribution in [3.63, 3.8) is 0 Å². The molecular formula is C32H24ClN3O5S. The highest BCUT2D eigenvalue weighted by atomic mass is 35.5. The summed E-state index contributed by atoms with van der Waals surface area (Å²) in [5, 5.41) is 6.14. The van der Waals surface area contributed by atoms with Crippen molar-refractivity contribution in [2.24, 2.45) is 5.10 Å². The molecule has 0 aliphatic carbocycles. The number of nitrogens with one attached hydrogen (secondary N) is 2. The van der Waals surface area contributed by atoms with Gasteiger partial charge in [-0.1, -0.05) is 71.8 Å². The van der Waals surface area contributed by atoms with Gasteiger partial charge in [0.15, 0.2) is 0 Å². The second-order valence-corrected chi connectivity index (χ2v) is 11.4. The second kappa shape index (κ2) is 12.3. The normalized spacial score (nSPS) is 11.4. The van der Waals surface area contributed by atoms with Crippen LogP contribution in [0.5, 0.6) is 5.75 Å². The Morgan fingerprint density at radius 1 is 0.833 bits per heavy atom. The van der Waals surface area contributed by atoms with Crippen LogP contribution in [0, 0.1) is 6.92 Å². The first kappa shape index (κ1) is 28.5. The van der Waals surface area contributed by atoms with Crippen molar-refractivity contribution in [3.05, 3.63) is 136 Å². The number of nitrogens with zero attached hydrogens (tertiary/aromatic N) is 1. The van der Waals surface area contributed by atoms with Gasteiger partial charge in [-0.2, -0.15) is 5.10 Å². The van der Waals surface area contributed by atoms with Crippen molar-refractivity contribution in [2.75, 3.05) is 4.72 Å². The number of aryl methyl sites for hydroxylation is 1. The summed E-state index contributed by atoms with van der Waals surface area (Å²) >= 11 is 5.88. The molecule has 0 fully saturated rings. The Bertz CT molecular complexity index is 1920. The number of carbonyl (C=O) groups is 2. The molecule has 0 saturated heterocycles. The van der Waals surface area contributed by atoms with Crippen molar-refractivity contribution < 1.29 is 22.7 Å². The maximum Gasteiger partial charge on any atom is 0.343 e. The van der Waals surface area contributed by atoms with Gasteiger partial charge in [-0.3, -0.25) is 9.52 Å². The van der Waals surface area contributed by atoms with E-state index in [1.807, 2.05) is 49.4 Å². The Hall–Kier alpha value is -4.99. The molecule has 0 atom stereocenters. The molecule has 210 valence electrons. The van der Waals surface area contributed by atoms with E-state index in [0.29, 0.717) is 16.1 Å². The minimum Gasteiger partial charge on any atom is -0.422 e. The maximum atomic E-state index is 13.1. The molecule has 0 aliphatic rings. The predicted molar refractivity (Wildman–Crippen MR) is 164 cm³/mol. The van der Waals surface area contributed by atoms with E-state index in [0.717, 1.165) is 16.3 Å². The summed E-state index contributed by atoms with van der Waals surface area (Å²) in [5.41, 5.74) is 4.44. The highest BCUT2D eigenvalue weighted by molar-refractivity contribution is 7.92. The minimum absolute atomic E-state index is 0.0104. The van der Waals surface area contributed by atoms with E-state index in [1.165, 1.54) is 42.6 Å². The maximum absolute atomic E-state index is 13.1. The predicted octanol–water partition coefficient (Wildman–Crippen LogP) is 6.59. The Balaban J connectivity index is 1.39. The third-order valence-electron chi connectivity index (χ3n) is 6.32. The smallest absolute Gasteiger partial charge is 0.343 e. The van der Waals surface area contributed by atoms with Gasteiger partial charge >= 0.3 is 5.97 Å². The Kier molecular flexibility index (Phi) is 8.33. The number of sulfonamides is 1. The SMILES string of the molecule is Cc1ccc(C(=O)Oc2ccc3ccccc3c2C=NNC(=O)c2ccccc2NS(=O)(=O)c2ccc(Cl)cc2)cc1. The number of halogens is 1. The zero-order valence-electron chi connectivity index (χ0n) is 22.2. The van der Waals surface area contributed by atoms with Gasteiger partial charge in [-0.25, -0.2) is 18.6 Å². The van der Waals surface area contributed by atoms with Crippen LogP contribution in [0.15, 0.2) is 119 Å². The van der Waals surface area contributed by atoms with Crippen LogP contribution in [0.3, 0.4) is 0 Å². The van der Waals surface area contributed by atoms with E-state index in [2.05, 4.69) is 15.2 Å². The lowest BCUT2D eigenvalue weighted by molar-refractivity contribution is 0.0734. The highest BCUT2D eigenvalue weighted by Gasteiger charge is 2.19. The van der Waals surface area contributed by atoms with Crippen LogP contribution in [0.4, 0.5) is 5.69 Å². The number of hydrogen-bond donors (Lipinski definition) is 2. The lowest BCUT2D eigenvalue weighted by Gasteiger charge is -2.12. The summed E-state index contributed by atoms with van der Waals surface area (Å²) in [6.45, 7) is 1.92. The molecule has 5 aromatic rings. The molecule has 0 unspecified atom stereocenters. The summed E-state index contributed by atoms with van der Waals surface area (Å²) in [6, 6.07) is 29.8. The molecule has 5 rings (SSSR count). The van der Waals surface area contributed by atoms with Gasteiger partial charge in [-0.15, -0.1) is 0 Å². The number of para-hydroxylation sites is 1. The first-order chi connectivity index (χ1) is 20.2. The van der Waals surface area contributed by atoms with E-state index >= 15 is 0 Å². The van der Waals surface area contributed by atoms with Gasteiger partial charge < -0.3 is 4.74 Å². The van der Waals surface area contributed by atoms with Crippen LogP contribution in [0.1, 0.15) is 31.8 Å². The van der Waals surface area contributed by atoms with Crippen LogP contribution in [-0.4, -0.2) is 26.5 Å². The third kappa shape index (κ3) is 6.49. The summed E-state index contributed by atoms with van der Waals surface area (Å²) in [5.74, 6) is -0.932. The van der Waals surface area contributed by atoms with E-state index in [4.69, 9.17) is 16.3 Å². The number of benzene rings is 5. The molecular weight excluding hydrogens is 574 g/mol. The van der Waals surface area contributed by atoms with E-state index in [9.17, 15) is 18.0 Å². The number of esters is 1. The minimum atomic E-state index is -3.99. The summed E-state index contributed by atoms with van der Waals surface area (Å²) in [7, 11) is -3.99. The van der Waals surface area contributed by atoms with Crippen LogP contribution >= 0.6 is 11.6 Å². The molecule has 0 aromatic heterocycles. The monoisotopic (exact) mass is 597 g/mol. The lowest BCUT2D eigenvalue weighted by Crippen LogP contribution is -2.21. The van der Waals surface area contributed by atoms with E-state index in [-0.39, 0.29) is 21.9 Å². The fraction of sp³-hybridized carbons (Fsp3) is 0.0312. The molecule has 0 aliphatic heterocycles. The van der Waals surface area contributed by atoms with Crippen LogP contribution in [-0.2, 0) is 10.0 Å². The number of hydrazone groups is 1. The number of rotatable bonds is 8. The number of amides is 1. The van der Waals surface area contributed by atoms with Crippen LogP contribution in [0.2, 0.25) is 5.02 Å². The second-order valence-electron chi connectivity index (χ2n) is 9.26. The summed E-state index contributed by atoms with van der Waals surface area (Å²) in [4.78, 5) is 25.9. The van der Waals surface area contributed by atoms with Crippen molar-refractivity contribution in [1.29, 1.82) is 0 Å². The molecule has 2 N–H and O–H groups in total.